The van der Waals surface area contributed by atoms with Gasteiger partial charge in [-0.3, -0.25) is 0 Å². The first-order valence-electron chi connectivity index (χ1n) is 6.03. The molecule has 0 saturated heterocycles. The summed E-state index contributed by atoms with van der Waals surface area (Å²) >= 11 is 5.73. The van der Waals surface area contributed by atoms with Crippen LogP contribution in [0.2, 0.25) is 5.02 Å². The van der Waals surface area contributed by atoms with E-state index in [1.54, 1.807) is 24.3 Å². The zero-order valence-corrected chi connectivity index (χ0v) is 11.5. The van der Waals surface area contributed by atoms with E-state index in [2.05, 4.69) is 5.16 Å². The maximum Gasteiger partial charge on any atom is 0.416 e. The molecule has 0 aromatic heterocycles. The normalized spacial score (nSPS) is 11.8. The molecule has 2 rings (SSSR count). The molecule has 0 fully saturated rings. The molecule has 0 unspecified atom stereocenters. The van der Waals surface area contributed by atoms with Crippen LogP contribution in [0.4, 0.5) is 13.2 Å². The lowest BCUT2D eigenvalue weighted by Gasteiger charge is -2.11. The van der Waals surface area contributed by atoms with Crippen LogP contribution < -0.4 is 0 Å². The molecule has 0 bridgehead atoms. The Balaban J connectivity index is 1.99. The number of oxime groups is 1. The van der Waals surface area contributed by atoms with Gasteiger partial charge in [0.25, 0.3) is 0 Å². The van der Waals surface area contributed by atoms with Gasteiger partial charge < -0.3 is 4.84 Å². The van der Waals surface area contributed by atoms with Crippen LogP contribution in [0.3, 0.4) is 0 Å². The molecule has 0 amide bonds. The molecule has 2 aromatic rings. The summed E-state index contributed by atoms with van der Waals surface area (Å²) in [7, 11) is 0. The fourth-order valence-electron chi connectivity index (χ4n) is 1.68. The minimum absolute atomic E-state index is 0.0401. The van der Waals surface area contributed by atoms with Crippen LogP contribution in [0.1, 0.15) is 16.7 Å². The standard InChI is InChI=1S/C15H11ClF3NO/c16-13-7-5-11(6-8-13)9-20-21-10-12-3-1-2-4-14(12)15(17,18)19/h1-9H,10H2. The van der Waals surface area contributed by atoms with Crippen molar-refractivity contribution in [1.82, 2.24) is 0 Å². The highest BCUT2D eigenvalue weighted by Crippen LogP contribution is 2.32. The second-order valence-corrected chi connectivity index (χ2v) is 4.65. The third-order valence-corrected chi connectivity index (χ3v) is 2.94. The average molecular weight is 314 g/mol. The zero-order valence-electron chi connectivity index (χ0n) is 10.8. The summed E-state index contributed by atoms with van der Waals surface area (Å²) in [6, 6.07) is 12.0. The molecule has 0 spiro atoms. The molecule has 6 heteroatoms. The van der Waals surface area contributed by atoms with Crippen molar-refractivity contribution in [1.29, 1.82) is 0 Å². The molecule has 2 aromatic carbocycles. The molecule has 0 atom stereocenters. The predicted molar refractivity (Wildman–Crippen MR) is 75.3 cm³/mol. The number of hydrogen-bond acceptors (Lipinski definition) is 2. The summed E-state index contributed by atoms with van der Waals surface area (Å²) in [6.45, 7) is -0.250. The van der Waals surface area contributed by atoms with Gasteiger partial charge in [0.15, 0.2) is 0 Å². The van der Waals surface area contributed by atoms with Gasteiger partial charge in [0, 0.05) is 10.6 Å². The van der Waals surface area contributed by atoms with E-state index >= 15 is 0 Å². The van der Waals surface area contributed by atoms with Crippen LogP contribution in [-0.2, 0) is 17.6 Å². The van der Waals surface area contributed by atoms with E-state index in [0.29, 0.717) is 5.02 Å². The highest BCUT2D eigenvalue weighted by molar-refractivity contribution is 6.30. The Morgan fingerprint density at radius 1 is 1.05 bits per heavy atom. The van der Waals surface area contributed by atoms with Crippen molar-refractivity contribution in [3.63, 3.8) is 0 Å². The Kier molecular flexibility index (Phi) is 4.85. The summed E-state index contributed by atoms with van der Waals surface area (Å²) in [5.41, 5.74) is 0.0634. The molecule has 0 aliphatic carbocycles. The van der Waals surface area contributed by atoms with Crippen molar-refractivity contribution < 1.29 is 18.0 Å². The van der Waals surface area contributed by atoms with E-state index in [4.69, 9.17) is 16.4 Å². The maximum atomic E-state index is 12.8. The van der Waals surface area contributed by atoms with E-state index in [1.807, 2.05) is 0 Å². The van der Waals surface area contributed by atoms with Gasteiger partial charge in [-0.25, -0.2) is 0 Å². The summed E-state index contributed by atoms with van der Waals surface area (Å²) in [5, 5.41) is 4.24. The molecule has 0 aliphatic heterocycles. The minimum atomic E-state index is -4.40. The van der Waals surface area contributed by atoms with E-state index in [1.165, 1.54) is 24.4 Å². The fourth-order valence-corrected chi connectivity index (χ4v) is 1.80. The maximum absolute atomic E-state index is 12.8. The van der Waals surface area contributed by atoms with Crippen LogP contribution in [-0.4, -0.2) is 6.21 Å². The second kappa shape index (κ2) is 6.63. The van der Waals surface area contributed by atoms with E-state index in [-0.39, 0.29) is 12.2 Å². The van der Waals surface area contributed by atoms with Crippen LogP contribution >= 0.6 is 11.6 Å². The van der Waals surface area contributed by atoms with Gasteiger partial charge in [-0.05, 0) is 23.8 Å². The Hall–Kier alpha value is -2.01. The van der Waals surface area contributed by atoms with Crippen LogP contribution in [0.15, 0.2) is 53.7 Å². The van der Waals surface area contributed by atoms with Gasteiger partial charge in [-0.2, -0.15) is 13.2 Å². The van der Waals surface area contributed by atoms with E-state index in [9.17, 15) is 13.2 Å². The van der Waals surface area contributed by atoms with E-state index < -0.39 is 11.7 Å². The molecule has 2 nitrogen and oxygen atoms in total. The number of nitrogens with zero attached hydrogens (tertiary/aromatic N) is 1. The summed E-state index contributed by atoms with van der Waals surface area (Å²) in [4.78, 5) is 4.93. The topological polar surface area (TPSA) is 21.6 Å². The average Bonchev–Trinajstić information content (AvgIpc) is 2.45. The number of rotatable bonds is 4. The fraction of sp³-hybridized carbons (Fsp3) is 0.133. The second-order valence-electron chi connectivity index (χ2n) is 4.21. The Morgan fingerprint density at radius 2 is 1.71 bits per heavy atom. The molecule has 21 heavy (non-hydrogen) atoms. The van der Waals surface area contributed by atoms with Gasteiger partial charge >= 0.3 is 6.18 Å². The van der Waals surface area contributed by atoms with Crippen LogP contribution in [0.25, 0.3) is 0 Å². The smallest absolute Gasteiger partial charge is 0.391 e. The Bertz CT molecular complexity index is 624. The lowest BCUT2D eigenvalue weighted by Crippen LogP contribution is -2.09. The Labute approximate surface area is 124 Å². The number of alkyl halides is 3. The lowest BCUT2D eigenvalue weighted by atomic mass is 10.1. The van der Waals surface area contributed by atoms with Gasteiger partial charge in [-0.1, -0.05) is 47.1 Å². The quantitative estimate of drug-likeness (QED) is 0.580. The SMILES string of the molecule is FC(F)(F)c1ccccc1CON=Cc1ccc(Cl)cc1. The zero-order chi connectivity index (χ0) is 15.3. The highest BCUT2D eigenvalue weighted by Gasteiger charge is 2.32. The molecule has 0 saturated carbocycles. The van der Waals surface area contributed by atoms with Gasteiger partial charge in [0.1, 0.15) is 6.61 Å². The molecule has 110 valence electrons. The Morgan fingerprint density at radius 3 is 2.38 bits per heavy atom. The first kappa shape index (κ1) is 15.4. The molecule has 0 N–H and O–H groups in total. The molecule has 0 aliphatic rings. The monoisotopic (exact) mass is 313 g/mol. The van der Waals surface area contributed by atoms with Crippen molar-refractivity contribution in [2.45, 2.75) is 12.8 Å². The molecular weight excluding hydrogens is 303 g/mol. The van der Waals surface area contributed by atoms with Gasteiger partial charge in [-0.15, -0.1) is 0 Å². The van der Waals surface area contributed by atoms with Crippen molar-refractivity contribution >= 4 is 17.8 Å². The third-order valence-electron chi connectivity index (χ3n) is 2.69. The highest BCUT2D eigenvalue weighted by atomic mass is 35.5. The number of hydrogen-bond donors (Lipinski definition) is 0. The first-order chi connectivity index (χ1) is 9.97. The van der Waals surface area contributed by atoms with Gasteiger partial charge in [0.2, 0.25) is 0 Å². The summed E-state index contributed by atoms with van der Waals surface area (Å²) in [6.07, 6.45) is -2.99. The summed E-state index contributed by atoms with van der Waals surface area (Å²) < 4.78 is 38.3. The van der Waals surface area contributed by atoms with Crippen molar-refractivity contribution in [3.05, 3.63) is 70.2 Å². The van der Waals surface area contributed by atoms with Crippen molar-refractivity contribution in [2.75, 3.05) is 0 Å². The molecule has 0 radical (unpaired) electrons. The number of halogens is 4. The summed E-state index contributed by atoms with van der Waals surface area (Å²) in [5.74, 6) is 0. The van der Waals surface area contributed by atoms with Crippen molar-refractivity contribution in [2.24, 2.45) is 5.16 Å². The van der Waals surface area contributed by atoms with E-state index in [0.717, 1.165) is 11.6 Å². The largest absolute Gasteiger partial charge is 0.416 e. The molecule has 0 heterocycles. The minimum Gasteiger partial charge on any atom is -0.391 e. The van der Waals surface area contributed by atoms with Gasteiger partial charge in [0.05, 0.1) is 11.8 Å². The lowest BCUT2D eigenvalue weighted by molar-refractivity contribution is -0.138. The van der Waals surface area contributed by atoms with Crippen molar-refractivity contribution in [3.8, 4) is 0 Å². The number of benzene rings is 2. The predicted octanol–water partition coefficient (Wildman–Crippen LogP) is 4.91. The third kappa shape index (κ3) is 4.49. The molecular formula is C15H11ClF3NO. The first-order valence-corrected chi connectivity index (χ1v) is 6.40. The van der Waals surface area contributed by atoms with Crippen LogP contribution in [0.5, 0.6) is 0 Å². The van der Waals surface area contributed by atoms with Crippen LogP contribution in [0, 0.1) is 0 Å².